The zero-order valence-electron chi connectivity index (χ0n) is 7.28. The fraction of sp³-hybridized carbons (Fsp3) is 0.111. The largest absolute Gasteiger partial charge is 0.332 e. The van der Waals surface area contributed by atoms with Crippen LogP contribution in [0.25, 0.3) is 5.70 Å². The zero-order valence-corrected chi connectivity index (χ0v) is 7.28. The van der Waals surface area contributed by atoms with Crippen molar-refractivity contribution in [1.82, 2.24) is 9.55 Å². The minimum Gasteiger partial charge on any atom is -0.274 e. The van der Waals surface area contributed by atoms with Crippen LogP contribution in [-0.2, 0) is 0 Å². The van der Waals surface area contributed by atoms with Gasteiger partial charge in [0.15, 0.2) is 0 Å². The maximum absolute atomic E-state index is 11.2. The van der Waals surface area contributed by atoms with E-state index in [2.05, 4.69) is 11.6 Å². The van der Waals surface area contributed by atoms with Gasteiger partial charge in [0.1, 0.15) is 0 Å². The van der Waals surface area contributed by atoms with Crippen LogP contribution in [0.4, 0.5) is 0 Å². The maximum Gasteiger partial charge on any atom is 0.332 e. The second kappa shape index (κ2) is 3.71. The second-order valence-corrected chi connectivity index (χ2v) is 2.40. The van der Waals surface area contributed by atoms with E-state index in [1.54, 1.807) is 19.1 Å². The van der Waals surface area contributed by atoms with E-state index in [0.717, 1.165) is 0 Å². The van der Waals surface area contributed by atoms with Gasteiger partial charge in [0.2, 0.25) is 0 Å². The van der Waals surface area contributed by atoms with Crippen molar-refractivity contribution in [2.24, 2.45) is 0 Å². The molecule has 0 aromatic carbocycles. The molecule has 1 aromatic heterocycles. The van der Waals surface area contributed by atoms with Gasteiger partial charge in [-0.05, 0) is 13.0 Å². The standard InChI is InChI=1S/C9H10N2O2/c1-3-7(4-2)11-6-5-8(12)10-9(11)13/h3-6H,1H2,2H3,(H,10,12,13)/b7-4+. The lowest BCUT2D eigenvalue weighted by Gasteiger charge is -2.02. The summed E-state index contributed by atoms with van der Waals surface area (Å²) in [6, 6.07) is 1.29. The molecule has 68 valence electrons. The number of aromatic nitrogens is 2. The molecule has 0 saturated carbocycles. The number of aromatic amines is 1. The Balaban J connectivity index is 3.40. The average molecular weight is 178 g/mol. The lowest BCUT2D eigenvalue weighted by molar-refractivity contribution is 0.918. The highest BCUT2D eigenvalue weighted by Crippen LogP contribution is 1.98. The van der Waals surface area contributed by atoms with Crippen molar-refractivity contribution in [1.29, 1.82) is 0 Å². The van der Waals surface area contributed by atoms with Gasteiger partial charge in [-0.1, -0.05) is 12.7 Å². The molecule has 1 aromatic rings. The average Bonchev–Trinajstić information content (AvgIpc) is 2.10. The highest BCUT2D eigenvalue weighted by Gasteiger charge is 1.97. The molecule has 4 nitrogen and oxygen atoms in total. The number of allylic oxidation sites excluding steroid dienone is 3. The van der Waals surface area contributed by atoms with Crippen LogP contribution >= 0.6 is 0 Å². The van der Waals surface area contributed by atoms with Crippen LogP contribution in [0.1, 0.15) is 6.92 Å². The van der Waals surface area contributed by atoms with Gasteiger partial charge < -0.3 is 0 Å². The fourth-order valence-electron chi connectivity index (χ4n) is 0.976. The predicted octanol–water partition coefficient (Wildman–Crippen LogP) is 0.583. The van der Waals surface area contributed by atoms with Crippen LogP contribution in [0, 0.1) is 0 Å². The Morgan fingerprint density at radius 1 is 1.62 bits per heavy atom. The molecule has 0 aliphatic carbocycles. The third kappa shape index (κ3) is 1.84. The minimum absolute atomic E-state index is 0.402. The number of H-pyrrole nitrogens is 1. The number of hydrogen-bond donors (Lipinski definition) is 1. The van der Waals surface area contributed by atoms with Crippen LogP contribution in [0.2, 0.25) is 0 Å². The molecule has 0 amide bonds. The molecule has 13 heavy (non-hydrogen) atoms. The highest BCUT2D eigenvalue weighted by molar-refractivity contribution is 5.54. The summed E-state index contributed by atoms with van der Waals surface area (Å²) in [5.41, 5.74) is -0.220. The first-order valence-corrected chi connectivity index (χ1v) is 3.80. The molecule has 0 atom stereocenters. The van der Waals surface area contributed by atoms with Gasteiger partial charge in [-0.2, -0.15) is 0 Å². The summed E-state index contributed by atoms with van der Waals surface area (Å²) in [6.45, 7) is 5.34. The topological polar surface area (TPSA) is 54.9 Å². The Kier molecular flexibility index (Phi) is 2.64. The molecule has 1 N–H and O–H groups in total. The van der Waals surface area contributed by atoms with Gasteiger partial charge in [-0.15, -0.1) is 0 Å². The van der Waals surface area contributed by atoms with Crippen LogP contribution in [0.5, 0.6) is 0 Å². The zero-order chi connectivity index (χ0) is 9.84. The van der Waals surface area contributed by atoms with Crippen molar-refractivity contribution in [2.75, 3.05) is 0 Å². The summed E-state index contributed by atoms with van der Waals surface area (Å²) in [5.74, 6) is 0. The monoisotopic (exact) mass is 178 g/mol. The van der Waals surface area contributed by atoms with Crippen LogP contribution in [0.15, 0.2) is 40.6 Å². The number of hydrogen-bond acceptors (Lipinski definition) is 2. The van der Waals surface area contributed by atoms with E-state index in [4.69, 9.17) is 0 Å². The first kappa shape index (κ1) is 9.25. The van der Waals surface area contributed by atoms with Crippen LogP contribution in [-0.4, -0.2) is 9.55 Å². The second-order valence-electron chi connectivity index (χ2n) is 2.40. The molecule has 0 spiro atoms. The molecule has 0 unspecified atom stereocenters. The number of nitrogens with zero attached hydrogens (tertiary/aromatic N) is 1. The Bertz CT molecular complexity index is 451. The Hall–Kier alpha value is -1.84. The van der Waals surface area contributed by atoms with Crippen molar-refractivity contribution in [3.05, 3.63) is 51.8 Å². The van der Waals surface area contributed by atoms with Crippen LogP contribution < -0.4 is 11.2 Å². The maximum atomic E-state index is 11.2. The van der Waals surface area contributed by atoms with E-state index >= 15 is 0 Å². The van der Waals surface area contributed by atoms with Crippen molar-refractivity contribution in [2.45, 2.75) is 6.92 Å². The Morgan fingerprint density at radius 3 is 2.77 bits per heavy atom. The van der Waals surface area contributed by atoms with E-state index in [9.17, 15) is 9.59 Å². The van der Waals surface area contributed by atoms with Crippen molar-refractivity contribution >= 4 is 5.70 Å². The van der Waals surface area contributed by atoms with Gasteiger partial charge in [0.25, 0.3) is 5.56 Å². The minimum atomic E-state index is -0.458. The third-order valence-electron chi connectivity index (χ3n) is 1.61. The first-order chi connectivity index (χ1) is 6.19. The quantitative estimate of drug-likeness (QED) is 0.673. The lowest BCUT2D eigenvalue weighted by atomic mass is 10.4. The molecule has 0 aliphatic heterocycles. The van der Waals surface area contributed by atoms with Gasteiger partial charge in [-0.25, -0.2) is 4.79 Å². The molecule has 0 radical (unpaired) electrons. The van der Waals surface area contributed by atoms with E-state index in [0.29, 0.717) is 5.70 Å². The van der Waals surface area contributed by atoms with Crippen molar-refractivity contribution in [3.8, 4) is 0 Å². The summed E-state index contributed by atoms with van der Waals surface area (Å²) in [5, 5.41) is 0. The SMILES string of the molecule is C=C/C(=C\C)n1ccc(=O)[nH]c1=O. The predicted molar refractivity (Wildman–Crippen MR) is 51.5 cm³/mol. The van der Waals surface area contributed by atoms with E-state index < -0.39 is 11.2 Å². The summed E-state index contributed by atoms with van der Waals surface area (Å²) in [7, 11) is 0. The molecule has 4 heteroatoms. The summed E-state index contributed by atoms with van der Waals surface area (Å²) >= 11 is 0. The van der Waals surface area contributed by atoms with Gasteiger partial charge >= 0.3 is 5.69 Å². The lowest BCUT2D eigenvalue weighted by Crippen LogP contribution is -2.27. The number of nitrogens with one attached hydrogen (secondary N) is 1. The number of rotatable bonds is 2. The summed E-state index contributed by atoms with van der Waals surface area (Å²) in [4.78, 5) is 24.1. The molecule has 0 aliphatic rings. The Morgan fingerprint density at radius 2 is 2.31 bits per heavy atom. The highest BCUT2D eigenvalue weighted by atomic mass is 16.2. The first-order valence-electron chi connectivity index (χ1n) is 3.80. The molecular weight excluding hydrogens is 168 g/mol. The van der Waals surface area contributed by atoms with Gasteiger partial charge in [0.05, 0.1) is 0 Å². The van der Waals surface area contributed by atoms with E-state index in [1.165, 1.54) is 16.8 Å². The normalized spacial score (nSPS) is 11.3. The van der Waals surface area contributed by atoms with E-state index in [1.807, 2.05) is 0 Å². The molecule has 0 fully saturated rings. The molecule has 0 bridgehead atoms. The van der Waals surface area contributed by atoms with Crippen LogP contribution in [0.3, 0.4) is 0 Å². The summed E-state index contributed by atoms with van der Waals surface area (Å²) in [6.07, 6.45) is 4.69. The molecule has 1 rings (SSSR count). The van der Waals surface area contributed by atoms with Gasteiger partial charge in [-0.3, -0.25) is 14.3 Å². The van der Waals surface area contributed by atoms with Gasteiger partial charge in [0, 0.05) is 18.0 Å². The fourth-order valence-corrected chi connectivity index (χ4v) is 0.976. The van der Waals surface area contributed by atoms with E-state index in [-0.39, 0.29) is 0 Å². The smallest absolute Gasteiger partial charge is 0.274 e. The molecule has 0 saturated heterocycles. The third-order valence-corrected chi connectivity index (χ3v) is 1.61. The molecule has 1 heterocycles. The van der Waals surface area contributed by atoms with Crippen molar-refractivity contribution in [3.63, 3.8) is 0 Å². The summed E-state index contributed by atoms with van der Waals surface area (Å²) < 4.78 is 1.31. The van der Waals surface area contributed by atoms with Crippen molar-refractivity contribution < 1.29 is 0 Å². The molecular formula is C9H10N2O2. The Labute approximate surface area is 74.8 Å².